The summed E-state index contributed by atoms with van der Waals surface area (Å²) in [5.74, 6) is 1.39. The largest absolute Gasteiger partial charge is 0.497 e. The Morgan fingerprint density at radius 2 is 2.00 bits per heavy atom. The summed E-state index contributed by atoms with van der Waals surface area (Å²) in [6.45, 7) is 0.279. The van der Waals surface area contributed by atoms with Crippen molar-refractivity contribution in [2.75, 3.05) is 7.11 Å². The van der Waals surface area contributed by atoms with E-state index in [0.29, 0.717) is 17.1 Å². The van der Waals surface area contributed by atoms with Crippen molar-refractivity contribution in [3.8, 4) is 11.5 Å². The van der Waals surface area contributed by atoms with Crippen LogP contribution in [0.2, 0.25) is 0 Å². The number of ether oxygens (including phenoxy) is 2. The highest BCUT2D eigenvalue weighted by molar-refractivity contribution is 5.84. The topological polar surface area (TPSA) is 48.4 Å². The molecule has 0 unspecified atom stereocenters. The normalized spacial score (nSPS) is 10.4. The SMILES string of the molecule is COc1ccc(C=O)c(COc2cccc3cccnc23)c1. The Morgan fingerprint density at radius 3 is 2.82 bits per heavy atom. The fraction of sp³-hybridized carbons (Fsp3) is 0.111. The third-order valence-electron chi connectivity index (χ3n) is 3.46. The molecule has 0 aliphatic carbocycles. The van der Waals surface area contributed by atoms with E-state index in [1.165, 1.54) is 0 Å². The molecule has 0 aliphatic heterocycles. The van der Waals surface area contributed by atoms with Crippen LogP contribution in [-0.4, -0.2) is 18.4 Å². The number of aldehydes is 1. The van der Waals surface area contributed by atoms with Crippen molar-refractivity contribution < 1.29 is 14.3 Å². The minimum Gasteiger partial charge on any atom is -0.497 e. The third kappa shape index (κ3) is 2.76. The van der Waals surface area contributed by atoms with Crippen LogP contribution in [-0.2, 0) is 6.61 Å². The van der Waals surface area contributed by atoms with Crippen molar-refractivity contribution in [1.29, 1.82) is 0 Å². The first-order valence-corrected chi connectivity index (χ1v) is 6.90. The number of carbonyl (C=O) groups excluding carboxylic acids is 1. The van der Waals surface area contributed by atoms with Gasteiger partial charge in [-0.3, -0.25) is 9.78 Å². The summed E-state index contributed by atoms with van der Waals surface area (Å²) < 4.78 is 11.1. The average Bonchev–Trinajstić information content (AvgIpc) is 2.59. The maximum absolute atomic E-state index is 11.1. The molecule has 0 atom stereocenters. The summed E-state index contributed by atoms with van der Waals surface area (Å²) in [7, 11) is 1.59. The number of hydrogen-bond donors (Lipinski definition) is 0. The standard InChI is InChI=1S/C18H15NO3/c1-21-16-8-7-14(11-20)15(10-16)12-22-17-6-2-4-13-5-3-9-19-18(13)17/h2-11H,12H2,1H3. The number of carbonyl (C=O) groups is 1. The Labute approximate surface area is 128 Å². The molecule has 2 aromatic carbocycles. The number of pyridine rings is 1. The zero-order chi connectivity index (χ0) is 15.4. The average molecular weight is 293 g/mol. The van der Waals surface area contributed by atoms with Crippen molar-refractivity contribution in [3.05, 3.63) is 65.9 Å². The van der Waals surface area contributed by atoms with Crippen LogP contribution in [0.3, 0.4) is 0 Å². The maximum Gasteiger partial charge on any atom is 0.150 e. The monoisotopic (exact) mass is 293 g/mol. The molecule has 3 rings (SSSR count). The van der Waals surface area contributed by atoms with Gasteiger partial charge in [-0.2, -0.15) is 0 Å². The zero-order valence-electron chi connectivity index (χ0n) is 12.2. The first-order valence-electron chi connectivity index (χ1n) is 6.90. The lowest BCUT2D eigenvalue weighted by atomic mass is 10.1. The predicted octanol–water partition coefficient (Wildman–Crippen LogP) is 3.63. The van der Waals surface area contributed by atoms with Crippen LogP contribution in [0, 0.1) is 0 Å². The number of nitrogens with zero attached hydrogens (tertiary/aromatic N) is 1. The number of fused-ring (bicyclic) bond motifs is 1. The second-order valence-corrected chi connectivity index (χ2v) is 4.80. The van der Waals surface area contributed by atoms with Gasteiger partial charge in [-0.05, 0) is 30.3 Å². The summed E-state index contributed by atoms with van der Waals surface area (Å²) in [6, 6.07) is 14.9. The number of hydrogen-bond acceptors (Lipinski definition) is 4. The highest BCUT2D eigenvalue weighted by Gasteiger charge is 2.07. The molecule has 1 heterocycles. The van der Waals surface area contributed by atoms with Crippen LogP contribution in [0.5, 0.6) is 11.5 Å². The predicted molar refractivity (Wildman–Crippen MR) is 84.5 cm³/mol. The van der Waals surface area contributed by atoms with Crippen molar-refractivity contribution >= 4 is 17.2 Å². The van der Waals surface area contributed by atoms with Gasteiger partial charge in [0.1, 0.15) is 29.9 Å². The molecule has 0 spiro atoms. The lowest BCUT2D eigenvalue weighted by Gasteiger charge is -2.11. The summed E-state index contributed by atoms with van der Waals surface area (Å²) in [6.07, 6.45) is 2.55. The molecule has 0 saturated carbocycles. The van der Waals surface area contributed by atoms with E-state index in [-0.39, 0.29) is 6.61 Å². The van der Waals surface area contributed by atoms with E-state index >= 15 is 0 Å². The number of benzene rings is 2. The Hall–Kier alpha value is -2.88. The Balaban J connectivity index is 1.89. The molecule has 3 aromatic rings. The van der Waals surface area contributed by atoms with Crippen LogP contribution in [0.1, 0.15) is 15.9 Å². The molecule has 0 amide bonds. The maximum atomic E-state index is 11.1. The molecule has 0 aliphatic rings. The highest BCUT2D eigenvalue weighted by atomic mass is 16.5. The van der Waals surface area contributed by atoms with Gasteiger partial charge in [0, 0.05) is 22.7 Å². The molecule has 4 heteroatoms. The van der Waals surface area contributed by atoms with Crippen LogP contribution in [0.4, 0.5) is 0 Å². The first-order chi connectivity index (χ1) is 10.8. The quantitative estimate of drug-likeness (QED) is 0.674. The molecule has 1 aromatic heterocycles. The highest BCUT2D eigenvalue weighted by Crippen LogP contribution is 2.25. The van der Waals surface area contributed by atoms with E-state index in [0.717, 1.165) is 22.8 Å². The van der Waals surface area contributed by atoms with Crippen molar-refractivity contribution in [3.63, 3.8) is 0 Å². The van der Waals surface area contributed by atoms with Crippen LogP contribution >= 0.6 is 0 Å². The van der Waals surface area contributed by atoms with Gasteiger partial charge in [0.25, 0.3) is 0 Å². The van der Waals surface area contributed by atoms with E-state index in [2.05, 4.69) is 4.98 Å². The molecule has 22 heavy (non-hydrogen) atoms. The van der Waals surface area contributed by atoms with Gasteiger partial charge < -0.3 is 9.47 Å². The fourth-order valence-electron chi connectivity index (χ4n) is 2.30. The third-order valence-corrected chi connectivity index (χ3v) is 3.46. The molecule has 0 N–H and O–H groups in total. The number of aromatic nitrogens is 1. The summed E-state index contributed by atoms with van der Waals surface area (Å²) >= 11 is 0. The summed E-state index contributed by atoms with van der Waals surface area (Å²) in [5.41, 5.74) is 2.18. The van der Waals surface area contributed by atoms with Gasteiger partial charge in [-0.15, -0.1) is 0 Å². The Morgan fingerprint density at radius 1 is 1.14 bits per heavy atom. The molecule has 0 saturated heterocycles. The van der Waals surface area contributed by atoms with E-state index in [1.54, 1.807) is 25.4 Å². The van der Waals surface area contributed by atoms with E-state index in [4.69, 9.17) is 9.47 Å². The van der Waals surface area contributed by atoms with Gasteiger partial charge >= 0.3 is 0 Å². The minimum absolute atomic E-state index is 0.279. The lowest BCUT2D eigenvalue weighted by Crippen LogP contribution is -2.01. The molecule has 4 nitrogen and oxygen atoms in total. The van der Waals surface area contributed by atoms with Gasteiger partial charge in [-0.25, -0.2) is 0 Å². The Bertz CT molecular complexity index is 809. The van der Waals surface area contributed by atoms with E-state index in [9.17, 15) is 4.79 Å². The van der Waals surface area contributed by atoms with Gasteiger partial charge in [0.15, 0.2) is 0 Å². The van der Waals surface area contributed by atoms with Crippen molar-refractivity contribution in [2.45, 2.75) is 6.61 Å². The summed E-state index contributed by atoms with van der Waals surface area (Å²) in [4.78, 5) is 15.5. The lowest BCUT2D eigenvalue weighted by molar-refractivity contribution is 0.112. The first kappa shape index (κ1) is 14.1. The number of rotatable bonds is 5. The van der Waals surface area contributed by atoms with Crippen molar-refractivity contribution in [1.82, 2.24) is 4.98 Å². The van der Waals surface area contributed by atoms with Gasteiger partial charge in [0.05, 0.1) is 7.11 Å². The second-order valence-electron chi connectivity index (χ2n) is 4.80. The van der Waals surface area contributed by atoms with Crippen LogP contribution in [0.25, 0.3) is 10.9 Å². The number of para-hydroxylation sites is 1. The van der Waals surface area contributed by atoms with E-state index < -0.39 is 0 Å². The zero-order valence-corrected chi connectivity index (χ0v) is 12.2. The van der Waals surface area contributed by atoms with Gasteiger partial charge in [0.2, 0.25) is 0 Å². The molecule has 0 fully saturated rings. The molecular weight excluding hydrogens is 278 g/mol. The molecule has 110 valence electrons. The molecule has 0 bridgehead atoms. The fourth-order valence-corrected chi connectivity index (χ4v) is 2.30. The Kier molecular flexibility index (Phi) is 4.01. The molecular formula is C18H15NO3. The second kappa shape index (κ2) is 6.26. The van der Waals surface area contributed by atoms with Gasteiger partial charge in [-0.1, -0.05) is 18.2 Å². The summed E-state index contributed by atoms with van der Waals surface area (Å²) in [5, 5.41) is 1.02. The van der Waals surface area contributed by atoms with Crippen LogP contribution in [0.15, 0.2) is 54.7 Å². The van der Waals surface area contributed by atoms with Crippen molar-refractivity contribution in [2.24, 2.45) is 0 Å². The smallest absolute Gasteiger partial charge is 0.150 e. The number of methoxy groups -OCH3 is 1. The van der Waals surface area contributed by atoms with Crippen LogP contribution < -0.4 is 9.47 Å². The van der Waals surface area contributed by atoms with E-state index in [1.807, 2.05) is 36.4 Å². The minimum atomic E-state index is 0.279. The molecule has 0 radical (unpaired) electrons.